The molecule has 0 radical (unpaired) electrons. The Morgan fingerprint density at radius 1 is 1.16 bits per heavy atom. The van der Waals surface area contributed by atoms with Gasteiger partial charge in [-0.3, -0.25) is 14.6 Å². The monoisotopic (exact) mass is 337 g/mol. The zero-order chi connectivity index (χ0) is 17.8. The molecule has 2 N–H and O–H groups in total. The maximum atomic E-state index is 14.2. The van der Waals surface area contributed by atoms with E-state index in [2.05, 4.69) is 15.3 Å². The fraction of sp³-hybridized carbons (Fsp3) is 0.105. The van der Waals surface area contributed by atoms with Crippen LogP contribution in [0.15, 0.2) is 65.7 Å². The van der Waals surface area contributed by atoms with Gasteiger partial charge in [0.15, 0.2) is 0 Å². The molecule has 126 valence electrons. The Bertz CT molecular complexity index is 931. The van der Waals surface area contributed by atoms with E-state index in [9.17, 15) is 14.0 Å². The molecule has 2 aromatic heterocycles. The van der Waals surface area contributed by atoms with E-state index in [-0.39, 0.29) is 16.8 Å². The minimum atomic E-state index is -0.749. The number of halogens is 1. The molecule has 5 nitrogen and oxygen atoms in total. The molecule has 0 bridgehead atoms. The molecule has 0 saturated carbocycles. The summed E-state index contributed by atoms with van der Waals surface area (Å²) in [5.41, 5.74) is 1.86. The highest BCUT2D eigenvalue weighted by atomic mass is 19.1. The molecular formula is C19H16FN3O2. The normalized spacial score (nSPS) is 11.8. The van der Waals surface area contributed by atoms with Crippen LogP contribution in [-0.2, 0) is 0 Å². The molecule has 6 heteroatoms. The van der Waals surface area contributed by atoms with Crippen LogP contribution in [0.4, 0.5) is 4.39 Å². The summed E-state index contributed by atoms with van der Waals surface area (Å²) < 4.78 is 14.2. The summed E-state index contributed by atoms with van der Waals surface area (Å²) in [6, 6.07) is 12.1. The predicted octanol–water partition coefficient (Wildman–Crippen LogP) is 2.74. The third-order valence-corrected chi connectivity index (χ3v) is 3.79. The lowest BCUT2D eigenvalue weighted by molar-refractivity contribution is 0.0941. The van der Waals surface area contributed by atoms with Crippen LogP contribution in [0.3, 0.4) is 0 Å². The highest BCUT2D eigenvalue weighted by Gasteiger charge is 2.22. The molecule has 1 aromatic carbocycles. The molecule has 0 spiro atoms. The number of rotatable bonds is 4. The summed E-state index contributed by atoms with van der Waals surface area (Å²) in [5, 5.41) is 2.78. The van der Waals surface area contributed by atoms with Crippen LogP contribution in [0.1, 0.15) is 33.2 Å². The van der Waals surface area contributed by atoms with Crippen molar-refractivity contribution < 1.29 is 9.18 Å². The van der Waals surface area contributed by atoms with Crippen molar-refractivity contribution in [1.29, 1.82) is 0 Å². The van der Waals surface area contributed by atoms with E-state index in [1.54, 1.807) is 0 Å². The van der Waals surface area contributed by atoms with E-state index in [4.69, 9.17) is 0 Å². The van der Waals surface area contributed by atoms with Crippen molar-refractivity contribution in [1.82, 2.24) is 15.3 Å². The number of nitrogens with zero attached hydrogens (tertiary/aromatic N) is 1. The number of hydrogen-bond donors (Lipinski definition) is 2. The number of benzene rings is 1. The first-order valence-electron chi connectivity index (χ1n) is 7.71. The Kier molecular flexibility index (Phi) is 4.70. The van der Waals surface area contributed by atoms with Gasteiger partial charge in [-0.05, 0) is 30.7 Å². The molecule has 0 aliphatic rings. The summed E-state index contributed by atoms with van der Waals surface area (Å²) in [5.74, 6) is -0.943. The summed E-state index contributed by atoms with van der Waals surface area (Å²) in [6.45, 7) is 1.94. The van der Waals surface area contributed by atoms with Crippen molar-refractivity contribution in [3.8, 4) is 0 Å². The molecule has 1 amide bonds. The van der Waals surface area contributed by atoms with Gasteiger partial charge in [-0.1, -0.05) is 29.8 Å². The number of amides is 1. The van der Waals surface area contributed by atoms with Gasteiger partial charge in [0.2, 0.25) is 5.56 Å². The minimum Gasteiger partial charge on any atom is -0.339 e. The van der Waals surface area contributed by atoms with Crippen molar-refractivity contribution in [2.45, 2.75) is 13.0 Å². The number of pyridine rings is 2. The Morgan fingerprint density at radius 2 is 1.92 bits per heavy atom. The van der Waals surface area contributed by atoms with Gasteiger partial charge in [-0.15, -0.1) is 0 Å². The van der Waals surface area contributed by atoms with E-state index < -0.39 is 17.8 Å². The molecular weight excluding hydrogens is 321 g/mol. The fourth-order valence-electron chi connectivity index (χ4n) is 2.45. The predicted molar refractivity (Wildman–Crippen MR) is 91.7 cm³/mol. The van der Waals surface area contributed by atoms with Gasteiger partial charge in [0.05, 0.1) is 11.6 Å². The Labute approximate surface area is 143 Å². The molecule has 0 unspecified atom stereocenters. The third-order valence-electron chi connectivity index (χ3n) is 3.79. The van der Waals surface area contributed by atoms with Gasteiger partial charge >= 0.3 is 0 Å². The largest absolute Gasteiger partial charge is 0.339 e. The topological polar surface area (TPSA) is 74.8 Å². The smallest absolute Gasteiger partial charge is 0.253 e. The number of carbonyl (C=O) groups excluding carboxylic acids is 1. The molecule has 0 saturated heterocycles. The highest BCUT2D eigenvalue weighted by molar-refractivity contribution is 5.94. The van der Waals surface area contributed by atoms with E-state index in [0.717, 1.165) is 5.56 Å². The van der Waals surface area contributed by atoms with Crippen LogP contribution in [0, 0.1) is 12.7 Å². The molecule has 0 aliphatic heterocycles. The van der Waals surface area contributed by atoms with Gasteiger partial charge < -0.3 is 10.3 Å². The lowest BCUT2D eigenvalue weighted by Gasteiger charge is -2.19. The quantitative estimate of drug-likeness (QED) is 0.769. The minimum absolute atomic E-state index is 0.129. The van der Waals surface area contributed by atoms with Gasteiger partial charge in [0.25, 0.3) is 5.91 Å². The van der Waals surface area contributed by atoms with Crippen LogP contribution in [0.2, 0.25) is 0 Å². The Balaban J connectivity index is 1.98. The van der Waals surface area contributed by atoms with Crippen molar-refractivity contribution in [2.75, 3.05) is 0 Å². The summed E-state index contributed by atoms with van der Waals surface area (Å²) in [6.07, 6.45) is 2.80. The van der Waals surface area contributed by atoms with Crippen molar-refractivity contribution in [2.24, 2.45) is 0 Å². The van der Waals surface area contributed by atoms with Gasteiger partial charge in [0.1, 0.15) is 11.5 Å². The number of aromatic amines is 1. The van der Waals surface area contributed by atoms with E-state index >= 15 is 0 Å². The maximum absolute atomic E-state index is 14.2. The third kappa shape index (κ3) is 3.80. The van der Waals surface area contributed by atoms with E-state index in [1.165, 1.54) is 36.7 Å². The second kappa shape index (κ2) is 7.09. The number of aromatic nitrogens is 2. The van der Waals surface area contributed by atoms with Gasteiger partial charge in [0, 0.05) is 18.5 Å². The highest BCUT2D eigenvalue weighted by Crippen LogP contribution is 2.23. The van der Waals surface area contributed by atoms with Crippen LogP contribution < -0.4 is 10.9 Å². The summed E-state index contributed by atoms with van der Waals surface area (Å²) in [4.78, 5) is 30.2. The maximum Gasteiger partial charge on any atom is 0.253 e. The molecule has 0 aliphatic carbocycles. The Morgan fingerprint density at radius 3 is 2.56 bits per heavy atom. The van der Waals surface area contributed by atoms with Crippen LogP contribution in [-0.4, -0.2) is 15.9 Å². The molecule has 25 heavy (non-hydrogen) atoms. The van der Waals surface area contributed by atoms with E-state index in [1.807, 2.05) is 31.2 Å². The number of hydrogen-bond acceptors (Lipinski definition) is 3. The molecule has 0 fully saturated rings. The number of aryl methyl sites for hydroxylation is 1. The number of H-pyrrole nitrogens is 1. The van der Waals surface area contributed by atoms with Crippen LogP contribution in [0.5, 0.6) is 0 Å². The Hall–Kier alpha value is -3.28. The molecule has 1 atom stereocenters. The van der Waals surface area contributed by atoms with E-state index in [0.29, 0.717) is 5.56 Å². The average Bonchev–Trinajstić information content (AvgIpc) is 2.62. The SMILES string of the molecule is Cc1ccc([C@H](NC(=O)c2ccc(=O)[nH]c2)c2ncccc2F)cc1. The second-order valence-corrected chi connectivity index (χ2v) is 5.63. The summed E-state index contributed by atoms with van der Waals surface area (Å²) in [7, 11) is 0. The van der Waals surface area contributed by atoms with Crippen LogP contribution >= 0.6 is 0 Å². The average molecular weight is 337 g/mol. The molecule has 2 heterocycles. The zero-order valence-electron chi connectivity index (χ0n) is 13.5. The van der Waals surface area contributed by atoms with Crippen molar-refractivity contribution >= 4 is 5.91 Å². The van der Waals surface area contributed by atoms with Crippen molar-refractivity contribution in [3.05, 3.63) is 99.5 Å². The molecule has 3 aromatic rings. The molecule has 3 rings (SSSR count). The first kappa shape index (κ1) is 16.6. The second-order valence-electron chi connectivity index (χ2n) is 5.63. The fourth-order valence-corrected chi connectivity index (χ4v) is 2.45. The lowest BCUT2D eigenvalue weighted by atomic mass is 10.0. The van der Waals surface area contributed by atoms with Crippen LogP contribution in [0.25, 0.3) is 0 Å². The summed E-state index contributed by atoms with van der Waals surface area (Å²) >= 11 is 0. The number of nitrogens with one attached hydrogen (secondary N) is 2. The first-order valence-corrected chi connectivity index (χ1v) is 7.71. The van der Waals surface area contributed by atoms with Gasteiger partial charge in [-0.25, -0.2) is 4.39 Å². The van der Waals surface area contributed by atoms with Gasteiger partial charge in [-0.2, -0.15) is 0 Å². The standard InChI is InChI=1S/C19H16FN3O2/c1-12-4-6-13(7-5-12)17(18-15(20)3-2-10-21-18)23-19(25)14-8-9-16(24)22-11-14/h2-11,17H,1H3,(H,22,24)(H,23,25)/t17-/m0/s1. The lowest BCUT2D eigenvalue weighted by Crippen LogP contribution is -2.31. The zero-order valence-corrected chi connectivity index (χ0v) is 13.5. The van der Waals surface area contributed by atoms with Crippen molar-refractivity contribution in [3.63, 3.8) is 0 Å². The first-order chi connectivity index (χ1) is 12.0. The number of carbonyl (C=O) groups is 1.